The van der Waals surface area contributed by atoms with Gasteiger partial charge in [0, 0.05) is 35.7 Å². The van der Waals surface area contributed by atoms with Gasteiger partial charge < -0.3 is 26.0 Å². The molecule has 2 fully saturated rings. The van der Waals surface area contributed by atoms with Crippen molar-refractivity contribution >= 4 is 29.1 Å². The highest BCUT2D eigenvalue weighted by atomic mass is 35.5. The van der Waals surface area contributed by atoms with Crippen molar-refractivity contribution in [1.82, 2.24) is 10.6 Å². The average molecular weight is 568 g/mol. The van der Waals surface area contributed by atoms with Gasteiger partial charge in [0.1, 0.15) is 17.0 Å². The molecule has 1 saturated carbocycles. The van der Waals surface area contributed by atoms with E-state index >= 15 is 8.78 Å². The summed E-state index contributed by atoms with van der Waals surface area (Å²) in [6.45, 7) is -0.627. The molecule has 2 aromatic rings. The second kappa shape index (κ2) is 11.4. The van der Waals surface area contributed by atoms with E-state index in [-0.39, 0.29) is 47.2 Å². The normalized spacial score (nSPS) is 26.5. The van der Waals surface area contributed by atoms with E-state index in [4.69, 9.17) is 28.3 Å². The highest BCUT2D eigenvalue weighted by Crippen LogP contribution is 2.57. The molecule has 0 unspecified atom stereocenters. The number of hydrogen-bond donors (Lipinski definition) is 5. The van der Waals surface area contributed by atoms with Gasteiger partial charge in [-0.1, -0.05) is 41.4 Å². The highest BCUT2D eigenvalue weighted by molar-refractivity contribution is 6.31. The lowest BCUT2D eigenvalue weighted by Crippen LogP contribution is -2.46. The SMILES string of the molecule is N#C[C@]1(c2ccc(Cl)cc2F)[C@H](c2cccc(Cl)c2F)[C@@H](C(=O)NCC[C@H](O)CO)N[C@@H]1CC1(CO)CC1. The molecular formula is C27H29Cl2F2N3O4. The zero-order valence-corrected chi connectivity index (χ0v) is 21.9. The van der Waals surface area contributed by atoms with Crippen LogP contribution in [-0.2, 0) is 10.2 Å². The van der Waals surface area contributed by atoms with E-state index in [0.717, 1.165) is 6.07 Å². The Kier molecular flexibility index (Phi) is 8.62. The summed E-state index contributed by atoms with van der Waals surface area (Å²) in [4.78, 5) is 13.5. The lowest BCUT2D eigenvalue weighted by Gasteiger charge is -2.36. The fraction of sp³-hybridized carbons (Fsp3) is 0.481. The van der Waals surface area contributed by atoms with E-state index in [9.17, 15) is 20.3 Å². The van der Waals surface area contributed by atoms with E-state index in [1.165, 1.54) is 30.3 Å². The van der Waals surface area contributed by atoms with Crippen molar-refractivity contribution in [2.24, 2.45) is 5.41 Å². The number of nitrogens with zero attached hydrogens (tertiary/aromatic N) is 1. The molecule has 0 bridgehead atoms. The number of hydrogen-bond acceptors (Lipinski definition) is 6. The Morgan fingerprint density at radius 1 is 1.24 bits per heavy atom. The fourth-order valence-corrected chi connectivity index (χ4v) is 5.88. The van der Waals surface area contributed by atoms with Gasteiger partial charge in [0.15, 0.2) is 0 Å². The molecule has 38 heavy (non-hydrogen) atoms. The third-order valence-corrected chi connectivity index (χ3v) is 8.36. The van der Waals surface area contributed by atoms with Crippen LogP contribution in [-0.4, -0.2) is 59.2 Å². The van der Waals surface area contributed by atoms with Crippen LogP contribution in [0.2, 0.25) is 10.0 Å². The van der Waals surface area contributed by atoms with Crippen molar-refractivity contribution in [3.8, 4) is 6.07 Å². The van der Waals surface area contributed by atoms with E-state index in [1.54, 1.807) is 0 Å². The first-order valence-corrected chi connectivity index (χ1v) is 13.1. The van der Waals surface area contributed by atoms with E-state index < -0.39 is 59.1 Å². The van der Waals surface area contributed by atoms with Crippen molar-refractivity contribution < 1.29 is 28.9 Å². The van der Waals surface area contributed by atoms with Crippen molar-refractivity contribution in [1.29, 1.82) is 5.26 Å². The Morgan fingerprint density at radius 2 is 1.97 bits per heavy atom. The zero-order valence-electron chi connectivity index (χ0n) is 20.4. The minimum absolute atomic E-state index is 0.00356. The molecule has 0 spiro atoms. The Hall–Kier alpha value is -2.32. The van der Waals surface area contributed by atoms with Crippen LogP contribution in [0.1, 0.15) is 42.7 Å². The largest absolute Gasteiger partial charge is 0.396 e. The summed E-state index contributed by atoms with van der Waals surface area (Å²) in [6, 6.07) is 8.35. The summed E-state index contributed by atoms with van der Waals surface area (Å²) < 4.78 is 31.2. The Balaban J connectivity index is 1.88. The highest BCUT2D eigenvalue weighted by Gasteiger charge is 2.62. The molecule has 2 aromatic carbocycles. The predicted octanol–water partition coefficient (Wildman–Crippen LogP) is 3.18. The minimum atomic E-state index is -1.78. The van der Waals surface area contributed by atoms with E-state index in [1.807, 2.05) is 0 Å². The molecule has 2 aliphatic rings. The van der Waals surface area contributed by atoms with E-state index in [0.29, 0.717) is 12.8 Å². The van der Waals surface area contributed by atoms with Gasteiger partial charge in [-0.2, -0.15) is 5.26 Å². The first kappa shape index (κ1) is 28.7. The molecule has 204 valence electrons. The van der Waals surface area contributed by atoms with Crippen LogP contribution in [0.4, 0.5) is 8.78 Å². The van der Waals surface area contributed by atoms with Crippen LogP contribution in [0.25, 0.3) is 0 Å². The van der Waals surface area contributed by atoms with Crippen molar-refractivity contribution in [2.45, 2.75) is 55.2 Å². The Morgan fingerprint density at radius 3 is 2.58 bits per heavy atom. The first-order chi connectivity index (χ1) is 18.1. The van der Waals surface area contributed by atoms with Crippen molar-refractivity contribution in [2.75, 3.05) is 19.8 Å². The number of benzene rings is 2. The van der Waals surface area contributed by atoms with Crippen molar-refractivity contribution in [3.05, 3.63) is 69.2 Å². The monoisotopic (exact) mass is 567 g/mol. The quantitative estimate of drug-likeness (QED) is 0.300. The molecule has 7 nitrogen and oxygen atoms in total. The van der Waals surface area contributed by atoms with E-state index in [2.05, 4.69) is 16.7 Å². The average Bonchev–Trinajstić information content (AvgIpc) is 3.60. The van der Waals surface area contributed by atoms with Crippen LogP contribution in [0.15, 0.2) is 36.4 Å². The Bertz CT molecular complexity index is 1240. The second-order valence-corrected chi connectivity index (χ2v) is 11.0. The number of aliphatic hydroxyl groups is 3. The molecule has 5 N–H and O–H groups in total. The molecule has 11 heteroatoms. The van der Waals surface area contributed by atoms with Gasteiger partial charge in [0.05, 0.1) is 29.8 Å². The number of aliphatic hydroxyl groups excluding tert-OH is 3. The van der Waals surface area contributed by atoms with Gasteiger partial charge in [-0.05, 0) is 54.9 Å². The number of carbonyl (C=O) groups excluding carboxylic acids is 1. The van der Waals surface area contributed by atoms with Crippen molar-refractivity contribution in [3.63, 3.8) is 0 Å². The Labute approximate surface area is 229 Å². The smallest absolute Gasteiger partial charge is 0.237 e. The third-order valence-electron chi connectivity index (χ3n) is 7.83. The van der Waals surface area contributed by atoms with Gasteiger partial charge in [-0.15, -0.1) is 0 Å². The molecule has 1 saturated heterocycles. The fourth-order valence-electron chi connectivity index (χ4n) is 5.54. The number of carbonyl (C=O) groups is 1. The number of rotatable bonds is 10. The number of amides is 1. The van der Waals surface area contributed by atoms with Crippen LogP contribution in [0.3, 0.4) is 0 Å². The number of nitrogens with one attached hydrogen (secondary N) is 2. The maximum atomic E-state index is 15.6. The molecule has 0 aromatic heterocycles. The van der Waals surface area contributed by atoms with Crippen LogP contribution < -0.4 is 10.6 Å². The topological polar surface area (TPSA) is 126 Å². The van der Waals surface area contributed by atoms with Gasteiger partial charge in [0.2, 0.25) is 5.91 Å². The first-order valence-electron chi connectivity index (χ1n) is 12.4. The molecule has 1 heterocycles. The van der Waals surface area contributed by atoms with Gasteiger partial charge in [-0.3, -0.25) is 4.79 Å². The maximum absolute atomic E-state index is 15.6. The molecular weight excluding hydrogens is 539 g/mol. The molecule has 1 amide bonds. The summed E-state index contributed by atoms with van der Waals surface area (Å²) in [5, 5.41) is 45.3. The third kappa shape index (κ3) is 5.26. The second-order valence-electron chi connectivity index (χ2n) is 10.2. The summed E-state index contributed by atoms with van der Waals surface area (Å²) in [6.07, 6.45) is 0.653. The number of nitriles is 1. The lowest BCUT2D eigenvalue weighted by molar-refractivity contribution is -0.123. The molecule has 4 rings (SSSR count). The van der Waals surface area contributed by atoms with Crippen LogP contribution in [0.5, 0.6) is 0 Å². The van der Waals surface area contributed by atoms with Gasteiger partial charge in [-0.25, -0.2) is 8.78 Å². The molecule has 0 radical (unpaired) electrons. The zero-order chi connectivity index (χ0) is 27.7. The standard InChI is InChI=1S/C27H29Cl2F2N3O4/c28-15-4-5-18(20(30)10-15)27(13-32)21(11-26(14-36)7-8-26)34-24(25(38)33-9-6-16(37)12-35)22(27)17-2-1-3-19(29)23(17)31/h1-5,10,16,21-22,24,34-37H,6-9,11-12,14H2,(H,33,38)/t16-,21+,22+,24-,27+/m0/s1. The minimum Gasteiger partial charge on any atom is -0.396 e. The molecule has 1 aliphatic carbocycles. The van der Waals surface area contributed by atoms with Gasteiger partial charge >= 0.3 is 0 Å². The van der Waals surface area contributed by atoms with Crippen LogP contribution >= 0.6 is 23.2 Å². The number of halogens is 4. The molecule has 5 atom stereocenters. The summed E-state index contributed by atoms with van der Waals surface area (Å²) in [5.41, 5.74) is -2.37. The van der Waals surface area contributed by atoms with Crippen LogP contribution in [0, 0.1) is 28.4 Å². The predicted molar refractivity (Wildman–Crippen MR) is 138 cm³/mol. The maximum Gasteiger partial charge on any atom is 0.237 e. The summed E-state index contributed by atoms with van der Waals surface area (Å²) in [5.74, 6) is -3.42. The summed E-state index contributed by atoms with van der Waals surface area (Å²) in [7, 11) is 0. The molecule has 1 aliphatic heterocycles. The van der Waals surface area contributed by atoms with Gasteiger partial charge in [0.25, 0.3) is 0 Å². The lowest BCUT2D eigenvalue weighted by atomic mass is 9.63. The summed E-state index contributed by atoms with van der Waals surface area (Å²) >= 11 is 12.1.